The molecule has 0 spiro atoms. The van der Waals surface area contributed by atoms with E-state index in [1.54, 1.807) is 18.2 Å². The third kappa shape index (κ3) is 2.17. The van der Waals surface area contributed by atoms with Crippen LogP contribution in [0.25, 0.3) is 11.1 Å². The molecule has 0 aliphatic heterocycles. The van der Waals surface area contributed by atoms with Crippen LogP contribution in [-0.4, -0.2) is 11.1 Å². The number of carboxylic acids is 1. The Balaban J connectivity index is 2.75. The molecular formula is C14H11ClO2. The number of hydrogen-bond acceptors (Lipinski definition) is 1. The quantitative estimate of drug-likeness (QED) is 0.869. The van der Waals surface area contributed by atoms with E-state index in [2.05, 4.69) is 0 Å². The van der Waals surface area contributed by atoms with Crippen molar-refractivity contribution in [2.45, 2.75) is 6.92 Å². The Bertz CT molecular complexity index is 576. The number of benzene rings is 2. The van der Waals surface area contributed by atoms with E-state index in [1.807, 2.05) is 31.2 Å². The lowest BCUT2D eigenvalue weighted by Crippen LogP contribution is -2.00. The van der Waals surface area contributed by atoms with Gasteiger partial charge in [0, 0.05) is 10.6 Å². The zero-order valence-electron chi connectivity index (χ0n) is 9.27. The van der Waals surface area contributed by atoms with Gasteiger partial charge in [-0.25, -0.2) is 4.79 Å². The molecule has 1 N–H and O–H groups in total. The van der Waals surface area contributed by atoms with Crippen molar-refractivity contribution in [3.05, 3.63) is 58.6 Å². The second-order valence-corrected chi connectivity index (χ2v) is 4.19. The van der Waals surface area contributed by atoms with E-state index in [1.165, 1.54) is 0 Å². The summed E-state index contributed by atoms with van der Waals surface area (Å²) >= 11 is 6.12. The summed E-state index contributed by atoms with van der Waals surface area (Å²) in [6.45, 7) is 1.93. The number of hydrogen-bond donors (Lipinski definition) is 1. The molecule has 3 heteroatoms. The zero-order chi connectivity index (χ0) is 12.4. The molecule has 0 radical (unpaired) electrons. The Morgan fingerprint density at radius 3 is 2.47 bits per heavy atom. The minimum Gasteiger partial charge on any atom is -0.478 e. The van der Waals surface area contributed by atoms with Crippen LogP contribution >= 0.6 is 11.6 Å². The van der Waals surface area contributed by atoms with Crippen LogP contribution in [0, 0.1) is 6.92 Å². The normalized spacial score (nSPS) is 10.2. The molecule has 0 amide bonds. The molecule has 0 bridgehead atoms. The second-order valence-electron chi connectivity index (χ2n) is 3.78. The number of aromatic carboxylic acids is 1. The Morgan fingerprint density at radius 2 is 1.82 bits per heavy atom. The molecule has 0 heterocycles. The molecule has 2 aromatic rings. The van der Waals surface area contributed by atoms with Gasteiger partial charge in [0.1, 0.15) is 0 Å². The van der Waals surface area contributed by atoms with E-state index in [0.29, 0.717) is 10.6 Å². The van der Waals surface area contributed by atoms with Gasteiger partial charge in [-0.1, -0.05) is 41.9 Å². The Morgan fingerprint density at radius 1 is 1.12 bits per heavy atom. The predicted molar refractivity (Wildman–Crippen MR) is 68.6 cm³/mol. The fourth-order valence-electron chi connectivity index (χ4n) is 1.83. The molecule has 2 nitrogen and oxygen atoms in total. The second kappa shape index (κ2) is 4.60. The molecule has 0 saturated heterocycles. The first kappa shape index (κ1) is 11.7. The Hall–Kier alpha value is -1.80. The van der Waals surface area contributed by atoms with Crippen molar-refractivity contribution in [3.63, 3.8) is 0 Å². The molecule has 0 aliphatic rings. The summed E-state index contributed by atoms with van der Waals surface area (Å²) in [6.07, 6.45) is 0. The van der Waals surface area contributed by atoms with E-state index in [4.69, 9.17) is 11.6 Å². The summed E-state index contributed by atoms with van der Waals surface area (Å²) in [6, 6.07) is 12.5. The summed E-state index contributed by atoms with van der Waals surface area (Å²) in [5.41, 5.74) is 2.67. The van der Waals surface area contributed by atoms with Gasteiger partial charge in [0.15, 0.2) is 0 Å². The zero-order valence-corrected chi connectivity index (χ0v) is 10.0. The highest BCUT2D eigenvalue weighted by Crippen LogP contribution is 2.33. The number of halogens is 1. The van der Waals surface area contributed by atoms with Gasteiger partial charge in [-0.3, -0.25) is 0 Å². The number of carboxylic acid groups (broad SMARTS) is 1. The van der Waals surface area contributed by atoms with E-state index < -0.39 is 5.97 Å². The van der Waals surface area contributed by atoms with Gasteiger partial charge in [0.2, 0.25) is 0 Å². The summed E-state index contributed by atoms with van der Waals surface area (Å²) in [5.74, 6) is -0.967. The minimum atomic E-state index is -0.967. The van der Waals surface area contributed by atoms with Crippen molar-refractivity contribution in [1.82, 2.24) is 0 Å². The first-order chi connectivity index (χ1) is 8.11. The van der Waals surface area contributed by atoms with Crippen LogP contribution < -0.4 is 0 Å². The van der Waals surface area contributed by atoms with Gasteiger partial charge in [0.05, 0.1) is 5.56 Å². The fourth-order valence-corrected chi connectivity index (χ4v) is 2.11. The van der Waals surface area contributed by atoms with Gasteiger partial charge in [-0.05, 0) is 30.2 Å². The summed E-state index contributed by atoms with van der Waals surface area (Å²) < 4.78 is 0. The van der Waals surface area contributed by atoms with Gasteiger partial charge >= 0.3 is 5.97 Å². The average Bonchev–Trinajstić information content (AvgIpc) is 2.30. The lowest BCUT2D eigenvalue weighted by atomic mass is 9.96. The number of aryl methyl sites for hydroxylation is 1. The van der Waals surface area contributed by atoms with Crippen molar-refractivity contribution >= 4 is 17.6 Å². The average molecular weight is 247 g/mol. The lowest BCUT2D eigenvalue weighted by Gasteiger charge is -2.11. The summed E-state index contributed by atoms with van der Waals surface area (Å²) in [4.78, 5) is 11.2. The largest absolute Gasteiger partial charge is 0.478 e. The Labute approximate surface area is 104 Å². The van der Waals surface area contributed by atoms with Crippen molar-refractivity contribution in [3.8, 4) is 11.1 Å². The maximum Gasteiger partial charge on any atom is 0.336 e. The molecule has 0 aromatic heterocycles. The minimum absolute atomic E-state index is 0.229. The SMILES string of the molecule is Cc1ccccc1-c1c(Cl)cccc1C(=O)O. The van der Waals surface area contributed by atoms with Crippen LogP contribution in [0.1, 0.15) is 15.9 Å². The molecular weight excluding hydrogens is 236 g/mol. The first-order valence-electron chi connectivity index (χ1n) is 5.19. The van der Waals surface area contributed by atoms with Crippen LogP contribution in [0.5, 0.6) is 0 Å². The van der Waals surface area contributed by atoms with Crippen molar-refractivity contribution in [1.29, 1.82) is 0 Å². The monoisotopic (exact) mass is 246 g/mol. The highest BCUT2D eigenvalue weighted by molar-refractivity contribution is 6.34. The maximum absolute atomic E-state index is 11.2. The van der Waals surface area contributed by atoms with Gasteiger partial charge in [0.25, 0.3) is 0 Å². The van der Waals surface area contributed by atoms with Crippen molar-refractivity contribution in [2.75, 3.05) is 0 Å². The van der Waals surface area contributed by atoms with Crippen LogP contribution in [-0.2, 0) is 0 Å². The molecule has 17 heavy (non-hydrogen) atoms. The topological polar surface area (TPSA) is 37.3 Å². The smallest absolute Gasteiger partial charge is 0.336 e. The van der Waals surface area contributed by atoms with E-state index in [0.717, 1.165) is 11.1 Å². The lowest BCUT2D eigenvalue weighted by molar-refractivity contribution is 0.0697. The number of rotatable bonds is 2. The van der Waals surface area contributed by atoms with Crippen LogP contribution in [0.3, 0.4) is 0 Å². The molecule has 0 unspecified atom stereocenters. The molecule has 0 fully saturated rings. The number of carbonyl (C=O) groups is 1. The van der Waals surface area contributed by atoms with Gasteiger partial charge < -0.3 is 5.11 Å². The molecule has 0 atom stereocenters. The molecule has 0 aliphatic carbocycles. The van der Waals surface area contributed by atoms with Crippen molar-refractivity contribution in [2.24, 2.45) is 0 Å². The van der Waals surface area contributed by atoms with E-state index in [9.17, 15) is 9.90 Å². The summed E-state index contributed by atoms with van der Waals surface area (Å²) in [7, 11) is 0. The highest BCUT2D eigenvalue weighted by atomic mass is 35.5. The van der Waals surface area contributed by atoms with Crippen LogP contribution in [0.2, 0.25) is 5.02 Å². The fraction of sp³-hybridized carbons (Fsp3) is 0.0714. The highest BCUT2D eigenvalue weighted by Gasteiger charge is 2.15. The standard InChI is InChI=1S/C14H11ClO2/c1-9-5-2-3-6-10(9)13-11(14(16)17)7-4-8-12(13)15/h2-8H,1H3,(H,16,17). The Kier molecular flexibility index (Phi) is 3.16. The van der Waals surface area contributed by atoms with Gasteiger partial charge in [-0.2, -0.15) is 0 Å². The van der Waals surface area contributed by atoms with Crippen molar-refractivity contribution < 1.29 is 9.90 Å². The van der Waals surface area contributed by atoms with E-state index in [-0.39, 0.29) is 5.56 Å². The maximum atomic E-state index is 11.2. The third-order valence-electron chi connectivity index (χ3n) is 2.66. The third-order valence-corrected chi connectivity index (χ3v) is 2.97. The predicted octanol–water partition coefficient (Wildman–Crippen LogP) is 4.01. The van der Waals surface area contributed by atoms with Crippen LogP contribution in [0.4, 0.5) is 0 Å². The molecule has 2 aromatic carbocycles. The van der Waals surface area contributed by atoms with Gasteiger partial charge in [-0.15, -0.1) is 0 Å². The molecule has 2 rings (SSSR count). The molecule has 0 saturated carbocycles. The molecule has 86 valence electrons. The van der Waals surface area contributed by atoms with Crippen LogP contribution in [0.15, 0.2) is 42.5 Å². The van der Waals surface area contributed by atoms with E-state index >= 15 is 0 Å². The first-order valence-corrected chi connectivity index (χ1v) is 5.57. The summed E-state index contributed by atoms with van der Waals surface area (Å²) in [5, 5.41) is 9.64.